The molecule has 545 valence electrons. The number of halogens is 3. The van der Waals surface area contributed by atoms with E-state index in [0.717, 1.165) is 129 Å². The van der Waals surface area contributed by atoms with Crippen molar-refractivity contribution in [3.63, 3.8) is 0 Å². The van der Waals surface area contributed by atoms with Crippen molar-refractivity contribution in [3.8, 4) is 24.2 Å². The molecule has 3 radical (unpaired) electrons. The van der Waals surface area contributed by atoms with Crippen LogP contribution in [0, 0.1) is 51.3 Å². The average Bonchev–Trinajstić information content (AvgIpc) is 1.75. The summed E-state index contributed by atoms with van der Waals surface area (Å²) in [5.74, 6) is 7.95. The predicted octanol–water partition coefficient (Wildman–Crippen LogP) is 8.37. The number of terminal acetylenes is 1. The number of hydrogen-bond donors (Lipinski definition) is 5. The quantitative estimate of drug-likeness (QED) is 0.0527. The molecular weight excluding hydrogens is 1300 g/mol. The molecule has 21 nitrogen and oxygen atoms in total. The van der Waals surface area contributed by atoms with E-state index in [1.165, 1.54) is 26.1 Å². The maximum atomic E-state index is 11.7. The summed E-state index contributed by atoms with van der Waals surface area (Å²) in [6.45, 7) is 38.1. The monoisotopic (exact) mass is 1430 g/mol. The van der Waals surface area contributed by atoms with E-state index in [1.807, 2.05) is 48.5 Å². The van der Waals surface area contributed by atoms with Crippen LogP contribution in [-0.4, -0.2) is 230 Å². The van der Waals surface area contributed by atoms with Gasteiger partial charge in [-0.2, -0.15) is 9.90 Å². The van der Waals surface area contributed by atoms with Crippen molar-refractivity contribution in [2.45, 2.75) is 231 Å². The second kappa shape index (κ2) is 50.7. The molecule has 10 rings (SSSR count). The number of carbonyl (C=O) groups excluding carboxylic acids is 6. The number of aliphatic hydroxyl groups is 4. The van der Waals surface area contributed by atoms with Crippen LogP contribution in [0.2, 0.25) is 0 Å². The minimum absolute atomic E-state index is 0. The molecule has 5 N–H and O–H groups in total. The van der Waals surface area contributed by atoms with Crippen LogP contribution >= 0.6 is 46.3 Å². The van der Waals surface area contributed by atoms with Crippen LogP contribution in [0.1, 0.15) is 203 Å². The van der Waals surface area contributed by atoms with Crippen LogP contribution in [0.5, 0.6) is 0 Å². The molecule has 0 aromatic rings. The number of nitrogens with zero attached hydrogens (tertiary/aromatic N) is 5. The number of Topliss-reactive ketones (excluding diaryl/α,β-unsaturated/α-hetero) is 1. The third kappa shape index (κ3) is 35.5. The van der Waals surface area contributed by atoms with Crippen molar-refractivity contribution in [3.05, 3.63) is 0 Å². The third-order valence-corrected chi connectivity index (χ3v) is 17.6. The molecule has 5 aliphatic carbocycles. The molecule has 27 heteroatoms. The standard InChI is InChI=1S/C12H21NO3.2C10H17NO3.C10H15NO3.C7H13NO.C6H15N.C4H6.C3H5ClO2.C3H4.2CH4.B.2ClH.Na.H3P.H/c1-11(2,3)16-10(15)13-7-12(8-13)5-4-9(14)6-12;3*1-2-14-9(13)11-6-10(7-11)4-3-8(12)5-10;9-6-1-2-7(3-6)4-8-5-7;1-4-7(5-2)6-3;1-3-4-2;1-2-6-3(4)5;1-3-2;;;;;;;;/h9,14H,4-8H2,1-3H3;2*8,12H,2-7H2,1H3;2-7H2,1H3;6,8-9H,1-5H2;4-6H2,1-3H3;1-2H3;2H2,1H3;1H,2H3;2*1H4;;2*1H;;1H3;/q;;;;;;;;;;;;;;+1;;-1/t9-;8-;;;6-;;;;;;;;;;;;/m00..0............/s1. The van der Waals surface area contributed by atoms with Crippen molar-refractivity contribution in [1.82, 2.24) is 29.8 Å². The molecule has 5 spiro atoms. The Balaban J connectivity index is -0.000000188. The molecule has 0 aromatic carbocycles. The molecule has 94 heavy (non-hydrogen) atoms. The molecule has 5 saturated heterocycles. The number of carbonyl (C=O) groups is 6. The zero-order chi connectivity index (χ0) is 65.7. The Morgan fingerprint density at radius 1 is 0.564 bits per heavy atom. The molecule has 5 atom stereocenters. The van der Waals surface area contributed by atoms with Crippen LogP contribution in [0.4, 0.5) is 24.0 Å². The minimum atomic E-state index is -0.738. The zero-order valence-corrected chi connectivity index (χ0v) is 64.3. The molecule has 5 heterocycles. The molecule has 4 amide bonds. The van der Waals surface area contributed by atoms with Crippen molar-refractivity contribution in [2.75, 3.05) is 112 Å². The van der Waals surface area contributed by atoms with E-state index in [4.69, 9.17) is 30.5 Å². The maximum absolute atomic E-state index is 11.7. The first kappa shape index (κ1) is 102. The summed E-state index contributed by atoms with van der Waals surface area (Å²) in [6, 6.07) is 0. The van der Waals surface area contributed by atoms with Gasteiger partial charge in [0, 0.05) is 120 Å². The van der Waals surface area contributed by atoms with Gasteiger partial charge in [0.15, 0.2) is 0 Å². The summed E-state index contributed by atoms with van der Waals surface area (Å²) in [4.78, 5) is 75.5. The third-order valence-electron chi connectivity index (χ3n) is 17.5. The molecule has 10 aliphatic rings. The van der Waals surface area contributed by atoms with E-state index < -0.39 is 11.0 Å². The van der Waals surface area contributed by atoms with Crippen LogP contribution < -0.4 is 34.9 Å². The zero-order valence-electron chi connectivity index (χ0n) is 59.5. The van der Waals surface area contributed by atoms with Gasteiger partial charge in [0.25, 0.3) is 0 Å². The van der Waals surface area contributed by atoms with Gasteiger partial charge in [0.2, 0.25) is 0 Å². The van der Waals surface area contributed by atoms with Crippen molar-refractivity contribution in [2.24, 2.45) is 27.1 Å². The summed E-state index contributed by atoms with van der Waals surface area (Å²) in [5.41, 5.74) is 0.102. The average molecular weight is 1430 g/mol. The fourth-order valence-corrected chi connectivity index (χ4v) is 13.1. The van der Waals surface area contributed by atoms with Gasteiger partial charge in [-0.3, -0.25) is 4.79 Å². The van der Waals surface area contributed by atoms with E-state index in [0.29, 0.717) is 63.6 Å². The van der Waals surface area contributed by atoms with Crippen LogP contribution in [0.25, 0.3) is 0 Å². The number of aliphatic hydroxyl groups excluding tert-OH is 4. The number of hydrogen-bond acceptors (Lipinski definition) is 17. The predicted molar refractivity (Wildman–Crippen MR) is 383 cm³/mol. The molecule has 0 aromatic heterocycles. The van der Waals surface area contributed by atoms with E-state index >= 15 is 0 Å². The fraction of sp³-hybridized carbons (Fsp3) is 0.851. The summed E-state index contributed by atoms with van der Waals surface area (Å²) in [5, 5.41) is 40.8. The smallest absolute Gasteiger partial charge is 1.00 e. The normalized spacial score (nSPS) is 22.2. The number of ether oxygens (including phenoxy) is 5. The molecule has 0 bridgehead atoms. The van der Waals surface area contributed by atoms with Crippen molar-refractivity contribution >= 4 is 90.3 Å². The molecule has 2 unspecified atom stereocenters. The first-order valence-corrected chi connectivity index (χ1v) is 32.3. The topological polar surface area (TPSA) is 258 Å². The Labute approximate surface area is 613 Å². The Morgan fingerprint density at radius 2 is 0.840 bits per heavy atom. The maximum Gasteiger partial charge on any atom is 1.00 e. The summed E-state index contributed by atoms with van der Waals surface area (Å²) in [6.07, 6.45) is 17.2. The molecule has 10 fully saturated rings. The van der Waals surface area contributed by atoms with E-state index in [9.17, 15) is 49.2 Å². The molecular formula is C67H127BCl3N6NaO15P. The van der Waals surface area contributed by atoms with Gasteiger partial charge in [0.05, 0.1) is 50.8 Å². The van der Waals surface area contributed by atoms with Crippen molar-refractivity contribution < 1.29 is 104 Å². The first-order valence-electron chi connectivity index (χ1n) is 31.9. The van der Waals surface area contributed by atoms with Gasteiger partial charge >= 0.3 is 59.4 Å². The number of rotatable bonds is 7. The summed E-state index contributed by atoms with van der Waals surface area (Å²) >= 11 is 4.72. The Bertz CT molecular complexity index is 2180. The largest absolute Gasteiger partial charge is 1.00 e. The van der Waals surface area contributed by atoms with E-state index in [1.54, 1.807) is 40.4 Å². The van der Waals surface area contributed by atoms with Gasteiger partial charge in [-0.05, 0) is 178 Å². The minimum Gasteiger partial charge on any atom is -1.00 e. The van der Waals surface area contributed by atoms with Gasteiger partial charge < -0.3 is 75.4 Å². The van der Waals surface area contributed by atoms with E-state index in [-0.39, 0.29) is 159 Å². The van der Waals surface area contributed by atoms with Gasteiger partial charge in [-0.1, -0.05) is 35.6 Å². The Hall–Kier alpha value is -2.54. The SMILES string of the molecule is C.C.C#CC.CC#CC.CC(C)(C)OC(=O)N1CC2(CC[C@H](O)C2)C1.CCN(CC)CC.CCOC(=O)Cl.CCOC(=O)N1CC2(CCC(=O)C2)C1.CCOC(=O)N1CC2(CCC(O)C2)C1.CCOC(=O)N1CC2(CC[C@H](O)C2)C1.Cl.Cl.O[C@H]1CCC2(CNC2)C1.P.[B].[H-].[Na+]. The second-order valence-corrected chi connectivity index (χ2v) is 26.3. The Morgan fingerprint density at radius 3 is 1.00 bits per heavy atom. The number of nitrogens with one attached hydrogen (secondary N) is 1. The van der Waals surface area contributed by atoms with Crippen LogP contribution in [-0.2, 0) is 28.5 Å². The number of likely N-dealkylation sites (tertiary alicyclic amines) is 4. The van der Waals surface area contributed by atoms with Crippen LogP contribution in [0.3, 0.4) is 0 Å². The van der Waals surface area contributed by atoms with Crippen molar-refractivity contribution in [1.29, 1.82) is 0 Å². The Kier molecular flexibility index (Phi) is 55.3. The van der Waals surface area contributed by atoms with Crippen LogP contribution in [0.15, 0.2) is 0 Å². The second-order valence-electron chi connectivity index (χ2n) is 26.0. The summed E-state index contributed by atoms with van der Waals surface area (Å²) in [7, 11) is 0. The number of ketones is 1. The first-order chi connectivity index (χ1) is 41.0. The molecule has 5 aliphatic heterocycles. The molecule has 5 saturated carbocycles. The fourth-order valence-electron chi connectivity index (χ4n) is 13.0. The number of amides is 4. The van der Waals surface area contributed by atoms with E-state index in [2.05, 4.69) is 59.9 Å². The van der Waals surface area contributed by atoms with Gasteiger partial charge in [-0.25, -0.2) is 24.0 Å². The van der Waals surface area contributed by atoms with Gasteiger partial charge in [0.1, 0.15) is 11.4 Å². The summed E-state index contributed by atoms with van der Waals surface area (Å²) < 4.78 is 24.1. The van der Waals surface area contributed by atoms with Gasteiger partial charge in [-0.15, -0.1) is 49.0 Å².